The number of hydrogen-bond acceptors (Lipinski definition) is 3. The first-order valence-corrected chi connectivity index (χ1v) is 7.40. The molecule has 0 saturated heterocycles. The molecule has 1 unspecified atom stereocenters. The summed E-state index contributed by atoms with van der Waals surface area (Å²) in [6, 6.07) is 19.4. The first-order valence-electron chi connectivity index (χ1n) is 7.40. The molecule has 0 radical (unpaired) electrons. The lowest BCUT2D eigenvalue weighted by Crippen LogP contribution is -2.27. The molecule has 3 rings (SSSR count). The van der Waals surface area contributed by atoms with E-state index in [1.807, 2.05) is 18.2 Å². The molecule has 4 nitrogen and oxygen atoms in total. The van der Waals surface area contributed by atoms with Crippen LogP contribution in [0.3, 0.4) is 0 Å². The number of nitrogens with one attached hydrogen (secondary N) is 1. The van der Waals surface area contributed by atoms with Gasteiger partial charge in [0, 0.05) is 11.8 Å². The van der Waals surface area contributed by atoms with Crippen LogP contribution in [0.25, 0.3) is 11.1 Å². The average Bonchev–Trinajstić information content (AvgIpc) is 2.63. The lowest BCUT2D eigenvalue weighted by molar-refractivity contribution is -0.129. The zero-order valence-electron chi connectivity index (χ0n) is 12.7. The standard InChI is InChI=1S/C19H15FN2O2/c20-18-16(10-5-11-21-18)14-8-4-9-15(12-14)17(19(23)22-24)13-6-2-1-3-7-13/h1-12,17,24H,(H,22,23). The molecule has 2 N–H and O–H groups in total. The number of hydrogen-bond donors (Lipinski definition) is 2. The van der Waals surface area contributed by atoms with Crippen LogP contribution in [0, 0.1) is 5.95 Å². The molecule has 1 atom stereocenters. The fraction of sp³-hybridized carbons (Fsp3) is 0.0526. The first kappa shape index (κ1) is 15.8. The lowest BCUT2D eigenvalue weighted by atomic mass is 9.89. The second-order valence-corrected chi connectivity index (χ2v) is 5.29. The molecule has 0 fully saturated rings. The summed E-state index contributed by atoms with van der Waals surface area (Å²) in [5, 5.41) is 9.09. The highest BCUT2D eigenvalue weighted by Crippen LogP contribution is 2.29. The zero-order chi connectivity index (χ0) is 16.9. The van der Waals surface area contributed by atoms with Gasteiger partial charge in [0.2, 0.25) is 5.95 Å². The molecule has 0 aliphatic rings. The van der Waals surface area contributed by atoms with Crippen LogP contribution in [-0.2, 0) is 4.79 Å². The minimum Gasteiger partial charge on any atom is -0.289 e. The molecule has 24 heavy (non-hydrogen) atoms. The third-order valence-electron chi connectivity index (χ3n) is 3.80. The molecule has 2 aromatic carbocycles. The van der Waals surface area contributed by atoms with E-state index in [2.05, 4.69) is 4.98 Å². The Hall–Kier alpha value is -3.05. The third kappa shape index (κ3) is 3.16. The Bertz CT molecular complexity index is 853. The summed E-state index contributed by atoms with van der Waals surface area (Å²) in [5.74, 6) is -1.82. The number of amides is 1. The van der Waals surface area contributed by atoms with Crippen LogP contribution in [0.1, 0.15) is 17.0 Å². The van der Waals surface area contributed by atoms with Gasteiger partial charge in [0.25, 0.3) is 5.91 Å². The Morgan fingerprint density at radius 1 is 1.00 bits per heavy atom. The molecule has 0 aliphatic carbocycles. The van der Waals surface area contributed by atoms with Crippen LogP contribution in [0.4, 0.5) is 4.39 Å². The van der Waals surface area contributed by atoms with Crippen molar-refractivity contribution >= 4 is 5.91 Å². The number of hydroxylamine groups is 1. The maximum absolute atomic E-state index is 13.9. The highest BCUT2D eigenvalue weighted by Gasteiger charge is 2.23. The number of benzene rings is 2. The summed E-state index contributed by atoms with van der Waals surface area (Å²) in [7, 11) is 0. The van der Waals surface area contributed by atoms with Crippen LogP contribution < -0.4 is 5.48 Å². The molecular weight excluding hydrogens is 307 g/mol. The van der Waals surface area contributed by atoms with Crippen LogP contribution in [-0.4, -0.2) is 16.1 Å². The Kier molecular flexibility index (Phi) is 4.63. The van der Waals surface area contributed by atoms with Crippen LogP contribution >= 0.6 is 0 Å². The van der Waals surface area contributed by atoms with Crippen molar-refractivity contribution in [1.29, 1.82) is 0 Å². The summed E-state index contributed by atoms with van der Waals surface area (Å²) < 4.78 is 13.9. The third-order valence-corrected chi connectivity index (χ3v) is 3.80. The topological polar surface area (TPSA) is 62.2 Å². The van der Waals surface area contributed by atoms with Gasteiger partial charge in [-0.05, 0) is 34.9 Å². The van der Waals surface area contributed by atoms with Gasteiger partial charge >= 0.3 is 0 Å². The number of carbonyl (C=O) groups excluding carboxylic acids is 1. The maximum atomic E-state index is 13.9. The SMILES string of the molecule is O=C(NO)C(c1ccccc1)c1cccc(-c2cccnc2F)c1. The van der Waals surface area contributed by atoms with Gasteiger partial charge in [-0.3, -0.25) is 10.0 Å². The maximum Gasteiger partial charge on any atom is 0.255 e. The Morgan fingerprint density at radius 3 is 2.46 bits per heavy atom. The van der Waals surface area contributed by atoms with Gasteiger partial charge in [0.05, 0.1) is 5.92 Å². The second kappa shape index (κ2) is 7.02. The van der Waals surface area contributed by atoms with Gasteiger partial charge in [0.15, 0.2) is 0 Å². The zero-order valence-corrected chi connectivity index (χ0v) is 12.7. The van der Waals surface area contributed by atoms with Crippen molar-refractivity contribution in [1.82, 2.24) is 10.5 Å². The molecule has 120 valence electrons. The van der Waals surface area contributed by atoms with Gasteiger partial charge in [0.1, 0.15) is 0 Å². The predicted octanol–water partition coefficient (Wildman–Crippen LogP) is 3.53. The molecule has 1 heterocycles. The number of halogens is 1. The highest BCUT2D eigenvalue weighted by molar-refractivity contribution is 5.86. The molecule has 1 aromatic heterocycles. The van der Waals surface area contributed by atoms with E-state index in [0.29, 0.717) is 16.7 Å². The van der Waals surface area contributed by atoms with E-state index < -0.39 is 17.8 Å². The molecule has 0 saturated carbocycles. The van der Waals surface area contributed by atoms with Crippen molar-refractivity contribution in [3.8, 4) is 11.1 Å². The summed E-state index contributed by atoms with van der Waals surface area (Å²) in [4.78, 5) is 15.8. The lowest BCUT2D eigenvalue weighted by Gasteiger charge is -2.17. The molecular formula is C19H15FN2O2. The number of aromatic nitrogens is 1. The monoisotopic (exact) mass is 322 g/mol. The van der Waals surface area contributed by atoms with Crippen LogP contribution in [0.15, 0.2) is 72.9 Å². The predicted molar refractivity (Wildman–Crippen MR) is 87.8 cm³/mol. The van der Waals surface area contributed by atoms with Crippen molar-refractivity contribution in [3.63, 3.8) is 0 Å². The van der Waals surface area contributed by atoms with Crippen molar-refractivity contribution in [2.24, 2.45) is 0 Å². The number of rotatable bonds is 4. The van der Waals surface area contributed by atoms with E-state index in [4.69, 9.17) is 5.21 Å². The molecule has 1 amide bonds. The van der Waals surface area contributed by atoms with Crippen molar-refractivity contribution in [2.45, 2.75) is 5.92 Å². The molecule has 0 aliphatic heterocycles. The fourth-order valence-electron chi connectivity index (χ4n) is 2.69. The van der Waals surface area contributed by atoms with Crippen molar-refractivity contribution < 1.29 is 14.4 Å². The largest absolute Gasteiger partial charge is 0.289 e. The van der Waals surface area contributed by atoms with Crippen LogP contribution in [0.2, 0.25) is 0 Å². The van der Waals surface area contributed by atoms with E-state index in [-0.39, 0.29) is 0 Å². The average molecular weight is 322 g/mol. The second-order valence-electron chi connectivity index (χ2n) is 5.29. The number of nitrogens with zero attached hydrogens (tertiary/aromatic N) is 1. The molecule has 0 bridgehead atoms. The Labute approximate surface area is 138 Å². The van der Waals surface area contributed by atoms with E-state index in [0.717, 1.165) is 5.56 Å². The Morgan fingerprint density at radius 2 is 1.75 bits per heavy atom. The molecule has 3 aromatic rings. The summed E-state index contributed by atoms with van der Waals surface area (Å²) in [6.07, 6.45) is 1.38. The van der Waals surface area contributed by atoms with Gasteiger partial charge in [-0.1, -0.05) is 48.5 Å². The van der Waals surface area contributed by atoms with Gasteiger partial charge in [-0.2, -0.15) is 4.39 Å². The highest BCUT2D eigenvalue weighted by atomic mass is 19.1. The van der Waals surface area contributed by atoms with Crippen LogP contribution in [0.5, 0.6) is 0 Å². The summed E-state index contributed by atoms with van der Waals surface area (Å²) in [6.45, 7) is 0. The van der Waals surface area contributed by atoms with Gasteiger partial charge in [-0.25, -0.2) is 10.5 Å². The van der Waals surface area contributed by atoms with E-state index in [1.165, 1.54) is 6.20 Å². The number of pyridine rings is 1. The first-order chi connectivity index (χ1) is 11.7. The Balaban J connectivity index is 2.08. The summed E-state index contributed by atoms with van der Waals surface area (Å²) in [5.41, 5.74) is 4.06. The summed E-state index contributed by atoms with van der Waals surface area (Å²) >= 11 is 0. The van der Waals surface area contributed by atoms with Gasteiger partial charge < -0.3 is 0 Å². The number of carbonyl (C=O) groups is 1. The van der Waals surface area contributed by atoms with Crippen molar-refractivity contribution in [3.05, 3.63) is 90.0 Å². The smallest absolute Gasteiger partial charge is 0.255 e. The van der Waals surface area contributed by atoms with E-state index in [9.17, 15) is 9.18 Å². The fourth-order valence-corrected chi connectivity index (χ4v) is 2.69. The molecule has 0 spiro atoms. The normalized spacial score (nSPS) is 11.8. The quantitative estimate of drug-likeness (QED) is 0.439. The van der Waals surface area contributed by atoms with Gasteiger partial charge in [-0.15, -0.1) is 0 Å². The van der Waals surface area contributed by atoms with E-state index in [1.54, 1.807) is 54.0 Å². The van der Waals surface area contributed by atoms with E-state index >= 15 is 0 Å². The minimum atomic E-state index is -0.698. The minimum absolute atomic E-state index is 0.357. The molecule has 5 heteroatoms. The van der Waals surface area contributed by atoms with Crippen molar-refractivity contribution in [2.75, 3.05) is 0 Å².